The molecule has 0 saturated heterocycles. The lowest BCUT2D eigenvalue weighted by Crippen LogP contribution is -2.33. The van der Waals surface area contributed by atoms with Gasteiger partial charge in [-0.3, -0.25) is 0 Å². The average Bonchev–Trinajstić information content (AvgIpc) is 3.35. The first-order chi connectivity index (χ1) is 17.1. The number of aromatic nitrogens is 1. The number of hydrogen-bond acceptors (Lipinski definition) is 6. The number of fused-ring (bicyclic) bond motifs is 2. The summed E-state index contributed by atoms with van der Waals surface area (Å²) in [4.78, 5) is 3.40. The van der Waals surface area contributed by atoms with Gasteiger partial charge in [-0.15, -0.1) is 0 Å². The normalized spacial score (nSPS) is 14.2. The molecule has 0 amide bonds. The van der Waals surface area contributed by atoms with Gasteiger partial charge in [-0.05, 0) is 63.2 Å². The van der Waals surface area contributed by atoms with Crippen molar-refractivity contribution in [2.45, 2.75) is 37.1 Å². The Morgan fingerprint density at radius 2 is 1.67 bits per heavy atom. The number of thiazole rings is 1. The van der Waals surface area contributed by atoms with Gasteiger partial charge in [0.15, 0.2) is 0 Å². The Labute approximate surface area is 229 Å². The number of nitrogens with zero attached hydrogens (tertiary/aromatic N) is 2. The van der Waals surface area contributed by atoms with Crippen LogP contribution >= 0.6 is 46.3 Å². The fourth-order valence-electron chi connectivity index (χ4n) is 3.83. The highest BCUT2D eigenvalue weighted by Crippen LogP contribution is 2.47. The van der Waals surface area contributed by atoms with E-state index in [4.69, 9.17) is 23.2 Å². The summed E-state index contributed by atoms with van der Waals surface area (Å²) in [5, 5.41) is 4.03. The molecule has 4 aromatic rings. The zero-order valence-corrected chi connectivity index (χ0v) is 23.8. The van der Waals surface area contributed by atoms with Crippen molar-refractivity contribution >= 4 is 78.4 Å². The van der Waals surface area contributed by atoms with E-state index < -0.39 is 10.1 Å². The molecule has 3 aromatic carbocycles. The van der Waals surface area contributed by atoms with E-state index in [2.05, 4.69) is 41.5 Å². The first-order valence-corrected chi connectivity index (χ1v) is 15.0. The summed E-state index contributed by atoms with van der Waals surface area (Å²) < 4.78 is 34.7. The lowest BCUT2D eigenvalue weighted by atomic mass is 10.2. The van der Waals surface area contributed by atoms with Crippen molar-refractivity contribution in [1.82, 2.24) is 0 Å². The maximum absolute atomic E-state index is 10.4. The van der Waals surface area contributed by atoms with Gasteiger partial charge in [0.05, 0.1) is 21.7 Å². The van der Waals surface area contributed by atoms with E-state index in [9.17, 15) is 13.0 Å². The molecule has 0 unspecified atom stereocenters. The SMILES string of the molecule is CCN1/C(=C\c2sc3ccc(Cl)cc3[n+]2CC)Sc2ccc(Cl)cc21.Cc1ccc(S(=O)(=O)[O-])cc1. The van der Waals surface area contributed by atoms with Crippen LogP contribution in [0.5, 0.6) is 0 Å². The average molecular weight is 580 g/mol. The Hall–Kier alpha value is -2.07. The molecule has 0 N–H and O–H groups in total. The highest BCUT2D eigenvalue weighted by atomic mass is 35.5. The smallest absolute Gasteiger partial charge is 0.265 e. The number of anilines is 1. The third-order valence-electron chi connectivity index (χ3n) is 5.57. The largest absolute Gasteiger partial charge is 0.744 e. The first-order valence-electron chi connectivity index (χ1n) is 11.2. The van der Waals surface area contributed by atoms with Gasteiger partial charge in [-0.1, -0.05) is 64.0 Å². The number of halogens is 2. The Bertz CT molecular complexity index is 1550. The summed E-state index contributed by atoms with van der Waals surface area (Å²) in [6, 6.07) is 18.0. The van der Waals surface area contributed by atoms with E-state index in [1.807, 2.05) is 31.2 Å². The van der Waals surface area contributed by atoms with Crippen LogP contribution in [-0.4, -0.2) is 19.5 Å². The zero-order valence-electron chi connectivity index (χ0n) is 19.9. The molecule has 1 aromatic heterocycles. The molecule has 0 atom stereocenters. The molecular formula is C26H24Cl2N2O3S3. The van der Waals surface area contributed by atoms with E-state index in [0.29, 0.717) is 0 Å². The molecule has 188 valence electrons. The molecule has 10 heteroatoms. The molecule has 2 heterocycles. The van der Waals surface area contributed by atoms with Crippen molar-refractivity contribution in [3.8, 4) is 0 Å². The van der Waals surface area contributed by atoms with Crippen molar-refractivity contribution in [3.63, 3.8) is 0 Å². The van der Waals surface area contributed by atoms with Gasteiger partial charge in [0.2, 0.25) is 5.52 Å². The second kappa shape index (κ2) is 11.1. The standard InChI is InChI=1S/C19H17Cl2N2S2.C7H8O3S/c1-3-22-14-9-12(20)5-7-16(14)24-18(22)11-19-23(4-2)15-10-13(21)6-8-17(15)25-19;1-6-2-4-7(5-3-6)11(8,9)10/h5-11H,3-4H2,1-2H3;2-5H,1H3,(H,8,9,10)/q+1;/p-1. The number of benzene rings is 3. The Kier molecular flexibility index (Phi) is 8.34. The molecule has 36 heavy (non-hydrogen) atoms. The molecule has 0 aliphatic carbocycles. The zero-order chi connectivity index (χ0) is 26.0. The quantitative estimate of drug-likeness (QED) is 0.187. The van der Waals surface area contributed by atoms with Crippen LogP contribution in [0.3, 0.4) is 0 Å². The molecule has 0 bridgehead atoms. The first kappa shape index (κ1) is 27.0. The van der Waals surface area contributed by atoms with E-state index in [0.717, 1.165) is 28.7 Å². The van der Waals surface area contributed by atoms with E-state index in [1.165, 1.54) is 43.0 Å². The van der Waals surface area contributed by atoms with Gasteiger partial charge in [0, 0.05) is 27.6 Å². The minimum absolute atomic E-state index is 0.178. The summed E-state index contributed by atoms with van der Waals surface area (Å²) >= 11 is 16.0. The van der Waals surface area contributed by atoms with Gasteiger partial charge in [-0.25, -0.2) is 8.42 Å². The summed E-state index contributed by atoms with van der Waals surface area (Å²) in [6.45, 7) is 7.98. The fraction of sp³-hybridized carbons (Fsp3) is 0.192. The molecule has 0 fully saturated rings. The van der Waals surface area contributed by atoms with Gasteiger partial charge < -0.3 is 9.45 Å². The van der Waals surface area contributed by atoms with Crippen molar-refractivity contribution in [1.29, 1.82) is 0 Å². The number of rotatable bonds is 4. The van der Waals surface area contributed by atoms with Crippen LogP contribution in [0, 0.1) is 6.92 Å². The Morgan fingerprint density at radius 3 is 2.31 bits per heavy atom. The van der Waals surface area contributed by atoms with Crippen LogP contribution < -0.4 is 9.47 Å². The second-order valence-corrected chi connectivity index (χ2v) is 12.4. The van der Waals surface area contributed by atoms with Gasteiger partial charge in [0.1, 0.15) is 21.4 Å². The van der Waals surface area contributed by atoms with Crippen molar-refractivity contribution < 1.29 is 17.5 Å². The molecule has 0 radical (unpaired) electrons. The summed E-state index contributed by atoms with van der Waals surface area (Å²) in [5.74, 6) is 0. The maximum Gasteiger partial charge on any atom is 0.265 e. The van der Waals surface area contributed by atoms with E-state index >= 15 is 0 Å². The summed E-state index contributed by atoms with van der Waals surface area (Å²) in [7, 11) is -4.27. The lowest BCUT2D eigenvalue weighted by Gasteiger charge is -2.17. The molecule has 1 aliphatic rings. The molecule has 5 nitrogen and oxygen atoms in total. The van der Waals surface area contributed by atoms with E-state index in [-0.39, 0.29) is 4.90 Å². The highest BCUT2D eigenvalue weighted by Gasteiger charge is 2.27. The molecule has 0 saturated carbocycles. The summed E-state index contributed by atoms with van der Waals surface area (Å²) in [5.41, 5.74) is 3.31. The monoisotopic (exact) mass is 578 g/mol. The van der Waals surface area contributed by atoms with Crippen molar-refractivity contribution in [2.24, 2.45) is 0 Å². The Morgan fingerprint density at radius 1 is 1.00 bits per heavy atom. The molecule has 0 spiro atoms. The molecule has 1 aliphatic heterocycles. The lowest BCUT2D eigenvalue weighted by molar-refractivity contribution is -0.665. The minimum atomic E-state index is -4.27. The fourth-order valence-corrected chi connectivity index (χ4v) is 6.99. The number of aryl methyl sites for hydroxylation is 2. The maximum atomic E-state index is 10.4. The van der Waals surface area contributed by atoms with Crippen molar-refractivity contribution in [2.75, 3.05) is 11.4 Å². The third-order valence-corrected chi connectivity index (χ3v) is 9.12. The van der Waals surface area contributed by atoms with Crippen LogP contribution in [0.2, 0.25) is 10.0 Å². The topological polar surface area (TPSA) is 64.3 Å². The third kappa shape index (κ3) is 5.90. The van der Waals surface area contributed by atoms with Crippen LogP contribution in [0.1, 0.15) is 24.4 Å². The van der Waals surface area contributed by atoms with Gasteiger partial charge in [0.25, 0.3) is 5.01 Å². The minimum Gasteiger partial charge on any atom is -0.744 e. The van der Waals surface area contributed by atoms with Crippen LogP contribution in [0.15, 0.2) is 75.5 Å². The van der Waals surface area contributed by atoms with Crippen LogP contribution in [-0.2, 0) is 16.7 Å². The van der Waals surface area contributed by atoms with Gasteiger partial charge >= 0.3 is 0 Å². The van der Waals surface area contributed by atoms with Crippen LogP contribution in [0.4, 0.5) is 5.69 Å². The Balaban J connectivity index is 0.000000233. The number of thioether (sulfide) groups is 1. The molecular weight excluding hydrogens is 555 g/mol. The highest BCUT2D eigenvalue weighted by molar-refractivity contribution is 8.03. The predicted molar refractivity (Wildman–Crippen MR) is 150 cm³/mol. The van der Waals surface area contributed by atoms with Crippen LogP contribution in [0.25, 0.3) is 16.3 Å². The summed E-state index contributed by atoms with van der Waals surface area (Å²) in [6.07, 6.45) is 2.28. The van der Waals surface area contributed by atoms with Crippen molar-refractivity contribution in [3.05, 3.63) is 86.3 Å². The predicted octanol–water partition coefficient (Wildman–Crippen LogP) is 7.35. The number of hydrogen-bond donors (Lipinski definition) is 0. The van der Waals surface area contributed by atoms with Gasteiger partial charge in [-0.2, -0.15) is 4.57 Å². The molecule has 5 rings (SSSR count). The van der Waals surface area contributed by atoms with E-state index in [1.54, 1.807) is 35.2 Å². The second-order valence-electron chi connectivity index (χ2n) is 8.00.